The van der Waals surface area contributed by atoms with Crippen LogP contribution < -0.4 is 4.74 Å². The first-order valence-electron chi connectivity index (χ1n) is 6.35. The number of hydrogen-bond acceptors (Lipinski definition) is 4. The molecule has 0 aliphatic carbocycles. The summed E-state index contributed by atoms with van der Waals surface area (Å²) in [6, 6.07) is 1.68. The van der Waals surface area contributed by atoms with Crippen LogP contribution in [0.3, 0.4) is 0 Å². The third kappa shape index (κ3) is 3.41. The maximum absolute atomic E-state index is 12.1. The lowest BCUT2D eigenvalue weighted by Crippen LogP contribution is -2.48. The fourth-order valence-corrected chi connectivity index (χ4v) is 3.42. The van der Waals surface area contributed by atoms with Gasteiger partial charge >= 0.3 is 0 Å². The van der Waals surface area contributed by atoms with Gasteiger partial charge < -0.3 is 4.74 Å². The van der Waals surface area contributed by atoms with E-state index >= 15 is 0 Å². The second kappa shape index (κ2) is 6.26. The molecule has 2 rings (SSSR count). The molecule has 8 heteroatoms. The predicted molar refractivity (Wildman–Crippen MR) is 77.1 cm³/mol. The lowest BCUT2D eigenvalue weighted by atomic mass is 10.1. The van der Waals surface area contributed by atoms with Gasteiger partial charge in [0.25, 0.3) is 10.2 Å². The molecule has 0 radical (unpaired) electrons. The molecule has 112 valence electrons. The average molecular weight is 320 g/mol. The van der Waals surface area contributed by atoms with Crippen LogP contribution in [0.2, 0.25) is 5.02 Å². The van der Waals surface area contributed by atoms with Gasteiger partial charge in [0.05, 0.1) is 6.54 Å². The Labute approximate surface area is 124 Å². The molecular weight excluding hydrogens is 302 g/mol. The molecule has 0 aromatic carbocycles. The monoisotopic (exact) mass is 319 g/mol. The van der Waals surface area contributed by atoms with Crippen LogP contribution in [0, 0.1) is 0 Å². The molecule has 1 aliphatic heterocycles. The van der Waals surface area contributed by atoms with Crippen molar-refractivity contribution in [1.29, 1.82) is 0 Å². The van der Waals surface area contributed by atoms with E-state index in [0.29, 0.717) is 23.9 Å². The Morgan fingerprint density at radius 1 is 1.50 bits per heavy atom. The SMILES string of the molecule is CN(C)S(=O)(=O)N1CCC[C@@H](Oc2ccncc2Cl)C1. The van der Waals surface area contributed by atoms with Crippen molar-refractivity contribution in [3.8, 4) is 5.75 Å². The Kier molecular flexibility index (Phi) is 4.85. The highest BCUT2D eigenvalue weighted by atomic mass is 35.5. The summed E-state index contributed by atoms with van der Waals surface area (Å²) in [6.45, 7) is 0.851. The minimum absolute atomic E-state index is 0.196. The number of rotatable bonds is 4. The molecule has 2 heterocycles. The van der Waals surface area contributed by atoms with Gasteiger partial charge in [0.2, 0.25) is 0 Å². The van der Waals surface area contributed by atoms with Gasteiger partial charge in [-0.2, -0.15) is 17.0 Å². The second-order valence-electron chi connectivity index (χ2n) is 4.84. The summed E-state index contributed by atoms with van der Waals surface area (Å²) in [6.07, 6.45) is 4.48. The molecule has 1 saturated heterocycles. The van der Waals surface area contributed by atoms with E-state index in [0.717, 1.165) is 12.8 Å². The van der Waals surface area contributed by atoms with Gasteiger partial charge in [-0.25, -0.2) is 0 Å². The van der Waals surface area contributed by atoms with Crippen molar-refractivity contribution in [2.45, 2.75) is 18.9 Å². The number of piperidine rings is 1. The predicted octanol–water partition coefficient (Wildman–Crippen LogP) is 1.38. The van der Waals surface area contributed by atoms with E-state index in [4.69, 9.17) is 16.3 Å². The number of pyridine rings is 1. The third-order valence-electron chi connectivity index (χ3n) is 3.16. The van der Waals surface area contributed by atoms with Crippen molar-refractivity contribution in [3.05, 3.63) is 23.5 Å². The van der Waals surface area contributed by atoms with Gasteiger partial charge in [0, 0.05) is 39.1 Å². The van der Waals surface area contributed by atoms with Crippen molar-refractivity contribution < 1.29 is 13.2 Å². The Bertz CT molecular complexity index is 565. The Hall–Kier alpha value is -0.890. The summed E-state index contributed by atoms with van der Waals surface area (Å²) in [4.78, 5) is 3.89. The molecule has 0 saturated carbocycles. The van der Waals surface area contributed by atoms with Crippen LogP contribution >= 0.6 is 11.6 Å². The highest BCUT2D eigenvalue weighted by Gasteiger charge is 2.31. The largest absolute Gasteiger partial charge is 0.487 e. The van der Waals surface area contributed by atoms with E-state index in [9.17, 15) is 8.42 Å². The summed E-state index contributed by atoms with van der Waals surface area (Å²) in [5.41, 5.74) is 0. The summed E-state index contributed by atoms with van der Waals surface area (Å²) in [5.74, 6) is 0.538. The zero-order valence-corrected chi connectivity index (χ0v) is 13.1. The van der Waals surface area contributed by atoms with Crippen molar-refractivity contribution in [2.24, 2.45) is 0 Å². The van der Waals surface area contributed by atoms with E-state index in [1.54, 1.807) is 12.3 Å². The molecule has 1 aliphatic rings. The summed E-state index contributed by atoms with van der Waals surface area (Å²) in [7, 11) is -0.339. The molecule has 20 heavy (non-hydrogen) atoms. The maximum atomic E-state index is 12.1. The first-order chi connectivity index (χ1) is 9.41. The molecule has 1 aromatic rings. The molecule has 0 amide bonds. The van der Waals surface area contributed by atoms with Crippen LogP contribution in [0.4, 0.5) is 0 Å². The highest BCUT2D eigenvalue weighted by molar-refractivity contribution is 7.86. The Morgan fingerprint density at radius 2 is 2.25 bits per heavy atom. The van der Waals surface area contributed by atoms with Crippen LogP contribution in [0.1, 0.15) is 12.8 Å². The maximum Gasteiger partial charge on any atom is 0.281 e. The zero-order chi connectivity index (χ0) is 14.8. The quantitative estimate of drug-likeness (QED) is 0.841. The van der Waals surface area contributed by atoms with Gasteiger partial charge in [0.15, 0.2) is 0 Å². The number of hydrogen-bond donors (Lipinski definition) is 0. The summed E-state index contributed by atoms with van der Waals surface area (Å²) < 4.78 is 32.7. The smallest absolute Gasteiger partial charge is 0.281 e. The standard InChI is InChI=1S/C12H18ClN3O3S/c1-15(2)20(17,18)16-7-3-4-10(9-16)19-12-5-6-14-8-11(12)13/h5-6,8,10H,3-4,7,9H2,1-2H3/t10-/m1/s1. The average Bonchev–Trinajstić information content (AvgIpc) is 2.41. The molecule has 0 unspecified atom stereocenters. The minimum Gasteiger partial charge on any atom is -0.487 e. The molecule has 1 fully saturated rings. The van der Waals surface area contributed by atoms with E-state index < -0.39 is 10.2 Å². The molecule has 0 bridgehead atoms. The lowest BCUT2D eigenvalue weighted by molar-refractivity contribution is 0.127. The van der Waals surface area contributed by atoms with Gasteiger partial charge in [-0.1, -0.05) is 11.6 Å². The number of aromatic nitrogens is 1. The van der Waals surface area contributed by atoms with Crippen LogP contribution in [0.25, 0.3) is 0 Å². The molecular formula is C12H18ClN3O3S. The minimum atomic E-state index is -3.39. The third-order valence-corrected chi connectivity index (χ3v) is 5.35. The molecule has 0 N–H and O–H groups in total. The first kappa shape index (κ1) is 15.5. The van der Waals surface area contributed by atoms with E-state index in [1.165, 1.54) is 28.9 Å². The highest BCUT2D eigenvalue weighted by Crippen LogP contribution is 2.26. The van der Waals surface area contributed by atoms with E-state index in [1.807, 2.05) is 0 Å². The van der Waals surface area contributed by atoms with Crippen molar-refractivity contribution in [2.75, 3.05) is 27.2 Å². The topological polar surface area (TPSA) is 62.7 Å². The summed E-state index contributed by atoms with van der Waals surface area (Å²) >= 11 is 5.99. The van der Waals surface area contributed by atoms with Crippen molar-refractivity contribution in [1.82, 2.24) is 13.6 Å². The van der Waals surface area contributed by atoms with Crippen molar-refractivity contribution in [3.63, 3.8) is 0 Å². The van der Waals surface area contributed by atoms with Crippen LogP contribution in [-0.4, -0.2) is 55.3 Å². The lowest BCUT2D eigenvalue weighted by Gasteiger charge is -2.33. The molecule has 1 atom stereocenters. The molecule has 0 spiro atoms. The second-order valence-corrected chi connectivity index (χ2v) is 7.39. The van der Waals surface area contributed by atoms with E-state index in [2.05, 4.69) is 4.98 Å². The Morgan fingerprint density at radius 3 is 2.90 bits per heavy atom. The normalized spacial score (nSPS) is 21.1. The fourth-order valence-electron chi connectivity index (χ4n) is 2.08. The summed E-state index contributed by atoms with van der Waals surface area (Å²) in [5, 5.41) is 0.431. The van der Waals surface area contributed by atoms with Crippen LogP contribution in [0.5, 0.6) is 5.75 Å². The zero-order valence-electron chi connectivity index (χ0n) is 11.5. The molecule has 6 nitrogen and oxygen atoms in total. The van der Waals surface area contributed by atoms with Crippen molar-refractivity contribution >= 4 is 21.8 Å². The fraction of sp³-hybridized carbons (Fsp3) is 0.583. The van der Waals surface area contributed by atoms with Gasteiger partial charge in [-0.3, -0.25) is 4.98 Å². The first-order valence-corrected chi connectivity index (χ1v) is 8.12. The van der Waals surface area contributed by atoms with Gasteiger partial charge in [-0.05, 0) is 12.8 Å². The number of ether oxygens (including phenoxy) is 1. The van der Waals surface area contributed by atoms with E-state index in [-0.39, 0.29) is 6.10 Å². The molecule has 1 aromatic heterocycles. The number of nitrogens with zero attached hydrogens (tertiary/aromatic N) is 3. The Balaban J connectivity index is 2.07. The van der Waals surface area contributed by atoms with Gasteiger partial charge in [-0.15, -0.1) is 0 Å². The van der Waals surface area contributed by atoms with Crippen LogP contribution in [0.15, 0.2) is 18.5 Å². The van der Waals surface area contributed by atoms with Crippen LogP contribution in [-0.2, 0) is 10.2 Å². The van der Waals surface area contributed by atoms with Gasteiger partial charge in [0.1, 0.15) is 16.9 Å². The number of halogens is 1.